The van der Waals surface area contributed by atoms with E-state index in [1.165, 1.54) is 41.3 Å². The van der Waals surface area contributed by atoms with Crippen molar-refractivity contribution in [1.29, 1.82) is 0 Å². The molecule has 0 saturated heterocycles. The third kappa shape index (κ3) is 7.33. The summed E-state index contributed by atoms with van der Waals surface area (Å²) in [5, 5.41) is 14.3. The Morgan fingerprint density at radius 3 is 2.19 bits per heavy atom. The van der Waals surface area contributed by atoms with Crippen LogP contribution in [0.5, 0.6) is 0 Å². The second kappa shape index (κ2) is 13.6. The molecule has 0 heterocycles. The van der Waals surface area contributed by atoms with Crippen LogP contribution in [-0.4, -0.2) is 48.7 Å². The number of nitro benzene ring substituents is 1. The number of benzene rings is 3. The molecule has 1 unspecified atom stereocenters. The number of aryl methyl sites for hydroxylation is 1. The van der Waals surface area contributed by atoms with E-state index in [2.05, 4.69) is 5.32 Å². The highest BCUT2D eigenvalue weighted by Gasteiger charge is 2.33. The molecule has 1 aliphatic rings. The highest BCUT2D eigenvalue weighted by Crippen LogP contribution is 2.27. The Kier molecular flexibility index (Phi) is 9.95. The summed E-state index contributed by atoms with van der Waals surface area (Å²) in [6.07, 6.45) is 4.97. The summed E-state index contributed by atoms with van der Waals surface area (Å²) >= 11 is 0. The molecular weight excluding hydrogens is 556 g/mol. The number of nitrogens with one attached hydrogen (secondary N) is 1. The predicted molar refractivity (Wildman–Crippen MR) is 160 cm³/mol. The monoisotopic (exact) mass is 592 g/mol. The Morgan fingerprint density at radius 1 is 0.952 bits per heavy atom. The molecule has 1 N–H and O–H groups in total. The Bertz CT molecular complexity index is 1510. The van der Waals surface area contributed by atoms with Gasteiger partial charge in [-0.2, -0.15) is 0 Å². The lowest BCUT2D eigenvalue weighted by atomic mass is 9.95. The van der Waals surface area contributed by atoms with E-state index in [1.54, 1.807) is 25.1 Å². The van der Waals surface area contributed by atoms with Crippen LogP contribution in [0.1, 0.15) is 50.2 Å². The van der Waals surface area contributed by atoms with Crippen molar-refractivity contribution in [2.24, 2.45) is 0 Å². The Labute approximate surface area is 246 Å². The zero-order chi connectivity index (χ0) is 30.3. The first kappa shape index (κ1) is 30.7. The Hall–Kier alpha value is -4.25. The quantitative estimate of drug-likeness (QED) is 0.247. The molecule has 2 amide bonds. The number of hydrogen-bond acceptors (Lipinski definition) is 6. The highest BCUT2D eigenvalue weighted by molar-refractivity contribution is 7.92. The van der Waals surface area contributed by atoms with Gasteiger partial charge in [0.25, 0.3) is 15.7 Å². The van der Waals surface area contributed by atoms with Crippen molar-refractivity contribution in [2.45, 2.75) is 69.5 Å². The van der Waals surface area contributed by atoms with Crippen LogP contribution in [0.25, 0.3) is 0 Å². The molecule has 11 heteroatoms. The molecule has 1 saturated carbocycles. The summed E-state index contributed by atoms with van der Waals surface area (Å²) in [4.78, 5) is 39.5. The fraction of sp³-hybridized carbons (Fsp3) is 0.355. The van der Waals surface area contributed by atoms with Crippen molar-refractivity contribution >= 4 is 33.2 Å². The predicted octanol–water partition coefficient (Wildman–Crippen LogP) is 4.96. The molecule has 0 aromatic heterocycles. The van der Waals surface area contributed by atoms with Crippen LogP contribution in [0.2, 0.25) is 0 Å². The van der Waals surface area contributed by atoms with E-state index in [0.717, 1.165) is 47.5 Å². The maximum absolute atomic E-state index is 14.1. The SMILES string of the molecule is Cc1ccccc1CN(C(=O)CN(c1ccc([N+](=O)[O-])cc1)S(=O)(=O)c1ccccc1)C(C)C(=O)NC1CCCCC1. The van der Waals surface area contributed by atoms with E-state index in [4.69, 9.17) is 0 Å². The number of amides is 2. The maximum atomic E-state index is 14.1. The van der Waals surface area contributed by atoms with E-state index in [1.807, 2.05) is 31.2 Å². The summed E-state index contributed by atoms with van der Waals surface area (Å²) in [6, 6.07) is 19.3. The number of hydrogen-bond donors (Lipinski definition) is 1. The van der Waals surface area contributed by atoms with Crippen LogP contribution in [-0.2, 0) is 26.2 Å². The second-order valence-corrected chi connectivity index (χ2v) is 12.4. The third-order valence-electron chi connectivity index (χ3n) is 7.68. The van der Waals surface area contributed by atoms with Crippen molar-refractivity contribution in [3.05, 3.63) is 100 Å². The summed E-state index contributed by atoms with van der Waals surface area (Å²) in [5.74, 6) is -0.876. The summed E-state index contributed by atoms with van der Waals surface area (Å²) in [7, 11) is -4.25. The first-order valence-corrected chi connectivity index (χ1v) is 15.5. The third-order valence-corrected chi connectivity index (χ3v) is 9.47. The number of rotatable bonds is 11. The minimum atomic E-state index is -4.25. The summed E-state index contributed by atoms with van der Waals surface area (Å²) < 4.78 is 28.6. The molecule has 0 radical (unpaired) electrons. The van der Waals surface area contributed by atoms with E-state index in [0.29, 0.717) is 0 Å². The van der Waals surface area contributed by atoms with Crippen LogP contribution in [0, 0.1) is 17.0 Å². The largest absolute Gasteiger partial charge is 0.352 e. The Morgan fingerprint density at radius 2 is 1.57 bits per heavy atom. The topological polar surface area (TPSA) is 130 Å². The number of carbonyl (C=O) groups excluding carboxylic acids is 2. The fourth-order valence-electron chi connectivity index (χ4n) is 5.11. The van der Waals surface area contributed by atoms with Crippen molar-refractivity contribution in [3.8, 4) is 0 Å². The molecule has 1 aliphatic carbocycles. The second-order valence-electron chi connectivity index (χ2n) is 10.6. The van der Waals surface area contributed by atoms with Gasteiger partial charge in [-0.15, -0.1) is 0 Å². The Balaban J connectivity index is 1.69. The fourth-order valence-corrected chi connectivity index (χ4v) is 6.55. The van der Waals surface area contributed by atoms with Gasteiger partial charge < -0.3 is 10.2 Å². The molecule has 0 aliphatic heterocycles. The van der Waals surface area contributed by atoms with Crippen molar-refractivity contribution in [1.82, 2.24) is 10.2 Å². The lowest BCUT2D eigenvalue weighted by Crippen LogP contribution is -2.53. The minimum absolute atomic E-state index is 0.0373. The lowest BCUT2D eigenvalue weighted by molar-refractivity contribution is -0.384. The number of anilines is 1. The molecule has 4 rings (SSSR count). The van der Waals surface area contributed by atoms with Crippen LogP contribution in [0.15, 0.2) is 83.8 Å². The zero-order valence-corrected chi connectivity index (χ0v) is 24.6. The smallest absolute Gasteiger partial charge is 0.269 e. The lowest BCUT2D eigenvalue weighted by Gasteiger charge is -2.33. The average molecular weight is 593 g/mol. The first-order chi connectivity index (χ1) is 20.1. The molecule has 1 fully saturated rings. The van der Waals surface area contributed by atoms with Gasteiger partial charge in [0.15, 0.2) is 0 Å². The van der Waals surface area contributed by atoms with E-state index >= 15 is 0 Å². The standard InChI is InChI=1S/C31H36N4O6S/c1-23-11-9-10-12-25(23)21-33(24(2)31(37)32-26-13-5-3-6-14-26)30(36)22-34(27-17-19-28(20-18-27)35(38)39)42(40,41)29-15-7-4-8-16-29/h4,7-12,15-20,24,26H,3,5-6,13-14,21-22H2,1-2H3,(H,32,37). The highest BCUT2D eigenvalue weighted by atomic mass is 32.2. The van der Waals surface area contributed by atoms with Crippen molar-refractivity contribution < 1.29 is 22.9 Å². The van der Waals surface area contributed by atoms with Gasteiger partial charge in [-0.3, -0.25) is 24.0 Å². The maximum Gasteiger partial charge on any atom is 0.269 e. The molecule has 0 bridgehead atoms. The molecule has 222 valence electrons. The molecule has 3 aromatic carbocycles. The van der Waals surface area contributed by atoms with E-state index in [-0.39, 0.29) is 34.8 Å². The van der Waals surface area contributed by atoms with Crippen LogP contribution in [0.3, 0.4) is 0 Å². The number of sulfonamides is 1. The number of carbonyl (C=O) groups is 2. The van der Waals surface area contributed by atoms with E-state index in [9.17, 15) is 28.1 Å². The van der Waals surface area contributed by atoms with Gasteiger partial charge in [-0.05, 0) is 62.1 Å². The van der Waals surface area contributed by atoms with Crippen LogP contribution < -0.4 is 9.62 Å². The van der Waals surface area contributed by atoms with Gasteiger partial charge in [0.1, 0.15) is 12.6 Å². The molecule has 3 aromatic rings. The summed E-state index contributed by atoms with van der Waals surface area (Å²) in [6.45, 7) is 3.05. The van der Waals surface area contributed by atoms with E-state index < -0.39 is 33.4 Å². The van der Waals surface area contributed by atoms with Gasteiger partial charge in [-0.1, -0.05) is 61.7 Å². The minimum Gasteiger partial charge on any atom is -0.352 e. The van der Waals surface area contributed by atoms with Gasteiger partial charge in [-0.25, -0.2) is 8.42 Å². The van der Waals surface area contributed by atoms with Crippen LogP contribution >= 0.6 is 0 Å². The molecule has 10 nitrogen and oxygen atoms in total. The average Bonchev–Trinajstić information content (AvgIpc) is 3.00. The molecule has 0 spiro atoms. The van der Waals surface area contributed by atoms with Gasteiger partial charge in [0.2, 0.25) is 11.8 Å². The molecule has 42 heavy (non-hydrogen) atoms. The van der Waals surface area contributed by atoms with Gasteiger partial charge in [0, 0.05) is 24.7 Å². The zero-order valence-electron chi connectivity index (χ0n) is 23.8. The molecular formula is C31H36N4O6S. The van der Waals surface area contributed by atoms with Crippen LogP contribution in [0.4, 0.5) is 11.4 Å². The summed E-state index contributed by atoms with van der Waals surface area (Å²) in [5.41, 5.74) is 1.64. The number of nitrogens with zero attached hydrogens (tertiary/aromatic N) is 3. The first-order valence-electron chi connectivity index (χ1n) is 14.0. The molecule has 1 atom stereocenters. The van der Waals surface area contributed by atoms with Gasteiger partial charge in [0.05, 0.1) is 15.5 Å². The number of nitro groups is 1. The van der Waals surface area contributed by atoms with Gasteiger partial charge >= 0.3 is 0 Å². The number of non-ortho nitro benzene ring substituents is 1. The normalized spacial score (nSPS) is 14.5. The van der Waals surface area contributed by atoms with Crippen molar-refractivity contribution in [3.63, 3.8) is 0 Å². The van der Waals surface area contributed by atoms with Crippen molar-refractivity contribution in [2.75, 3.05) is 10.8 Å².